The summed E-state index contributed by atoms with van der Waals surface area (Å²) in [4.78, 5) is 29.0. The highest BCUT2D eigenvalue weighted by Crippen LogP contribution is 2.25. The number of nitrogens with zero attached hydrogens (tertiary/aromatic N) is 3. The first kappa shape index (κ1) is 16.2. The van der Waals surface area contributed by atoms with E-state index in [4.69, 9.17) is 5.26 Å². The molecule has 2 aliphatic rings. The predicted molar refractivity (Wildman–Crippen MR) is 92.3 cm³/mol. The summed E-state index contributed by atoms with van der Waals surface area (Å²) in [7, 11) is 0. The van der Waals surface area contributed by atoms with Gasteiger partial charge in [0.1, 0.15) is 6.04 Å². The molecule has 1 aromatic carbocycles. The van der Waals surface area contributed by atoms with Crippen LogP contribution in [0.4, 0.5) is 0 Å². The van der Waals surface area contributed by atoms with Gasteiger partial charge in [0.2, 0.25) is 5.91 Å². The minimum Gasteiger partial charge on any atom is -0.339 e. The van der Waals surface area contributed by atoms with E-state index >= 15 is 0 Å². The van der Waals surface area contributed by atoms with E-state index in [0.717, 1.165) is 24.6 Å². The molecule has 23 heavy (non-hydrogen) atoms. The van der Waals surface area contributed by atoms with Crippen molar-refractivity contribution in [3.63, 3.8) is 0 Å². The molecule has 1 atom stereocenters. The third-order valence-electron chi connectivity index (χ3n) is 4.01. The summed E-state index contributed by atoms with van der Waals surface area (Å²) in [6, 6.07) is 8.25. The molecule has 5 nitrogen and oxygen atoms in total. The highest BCUT2D eigenvalue weighted by molar-refractivity contribution is 7.99. The van der Waals surface area contributed by atoms with Gasteiger partial charge < -0.3 is 9.80 Å². The second kappa shape index (κ2) is 7.28. The second-order valence-electron chi connectivity index (χ2n) is 5.42. The second-order valence-corrected chi connectivity index (χ2v) is 7.64. The van der Waals surface area contributed by atoms with Crippen molar-refractivity contribution in [2.75, 3.05) is 36.2 Å². The first-order valence-electron chi connectivity index (χ1n) is 7.46. The molecule has 0 bridgehead atoms. The van der Waals surface area contributed by atoms with E-state index in [-0.39, 0.29) is 17.9 Å². The fraction of sp³-hybridized carbons (Fsp3) is 0.438. The normalized spacial score (nSPS) is 21.1. The Labute approximate surface area is 144 Å². The van der Waals surface area contributed by atoms with Gasteiger partial charge >= 0.3 is 0 Å². The molecule has 0 N–H and O–H groups in total. The Balaban J connectivity index is 1.73. The van der Waals surface area contributed by atoms with Crippen molar-refractivity contribution >= 4 is 35.3 Å². The maximum atomic E-state index is 12.7. The molecule has 1 unspecified atom stereocenters. The maximum absolute atomic E-state index is 12.7. The van der Waals surface area contributed by atoms with Crippen molar-refractivity contribution in [1.82, 2.24) is 9.80 Å². The zero-order chi connectivity index (χ0) is 16.2. The van der Waals surface area contributed by atoms with E-state index in [1.807, 2.05) is 22.7 Å². The Bertz CT molecular complexity index is 636. The summed E-state index contributed by atoms with van der Waals surface area (Å²) in [5.74, 6) is 3.06. The van der Waals surface area contributed by atoms with Gasteiger partial charge in [-0.25, -0.2) is 0 Å². The van der Waals surface area contributed by atoms with Gasteiger partial charge in [-0.15, -0.1) is 11.8 Å². The van der Waals surface area contributed by atoms with Gasteiger partial charge in [-0.1, -0.05) is 0 Å². The minimum atomic E-state index is -0.369. The van der Waals surface area contributed by atoms with E-state index in [1.165, 1.54) is 0 Å². The van der Waals surface area contributed by atoms with Crippen LogP contribution in [0.2, 0.25) is 0 Å². The van der Waals surface area contributed by atoms with Crippen LogP contribution in [-0.4, -0.2) is 63.9 Å². The zero-order valence-electron chi connectivity index (χ0n) is 12.6. The Morgan fingerprint density at radius 3 is 2.48 bits per heavy atom. The van der Waals surface area contributed by atoms with Crippen LogP contribution in [0.5, 0.6) is 0 Å². The average molecular weight is 347 g/mol. The third-order valence-corrected chi connectivity index (χ3v) is 5.97. The number of amides is 2. The quantitative estimate of drug-likeness (QED) is 0.814. The lowest BCUT2D eigenvalue weighted by Crippen LogP contribution is -2.51. The fourth-order valence-corrected chi connectivity index (χ4v) is 4.74. The molecular formula is C16H17N3O2S2. The molecule has 1 aromatic rings. The largest absolute Gasteiger partial charge is 0.339 e. The molecule has 0 saturated carbocycles. The SMILES string of the molecule is N#Cc1ccc(C(=O)N2CSCC2C(=O)N2CCSCC2)cc1. The Hall–Kier alpha value is -1.65. The molecule has 0 radical (unpaired) electrons. The van der Waals surface area contributed by atoms with E-state index in [1.54, 1.807) is 40.9 Å². The molecule has 7 heteroatoms. The summed E-state index contributed by atoms with van der Waals surface area (Å²) in [5, 5.41) is 8.84. The van der Waals surface area contributed by atoms with Gasteiger partial charge in [0, 0.05) is 35.9 Å². The molecule has 2 amide bonds. The van der Waals surface area contributed by atoms with Crippen molar-refractivity contribution < 1.29 is 9.59 Å². The number of benzene rings is 1. The number of rotatable bonds is 2. The van der Waals surface area contributed by atoms with Crippen LogP contribution in [-0.2, 0) is 4.79 Å². The van der Waals surface area contributed by atoms with Crippen LogP contribution in [0.15, 0.2) is 24.3 Å². The van der Waals surface area contributed by atoms with E-state index in [9.17, 15) is 9.59 Å². The van der Waals surface area contributed by atoms with Gasteiger partial charge in [-0.05, 0) is 24.3 Å². The average Bonchev–Trinajstić information content (AvgIpc) is 3.11. The number of nitriles is 1. The Morgan fingerprint density at radius 1 is 1.13 bits per heavy atom. The molecular weight excluding hydrogens is 330 g/mol. The van der Waals surface area contributed by atoms with Gasteiger partial charge in [0.05, 0.1) is 17.5 Å². The molecule has 120 valence electrons. The first-order chi connectivity index (χ1) is 11.2. The highest BCUT2D eigenvalue weighted by Gasteiger charge is 2.37. The maximum Gasteiger partial charge on any atom is 0.255 e. The lowest BCUT2D eigenvalue weighted by atomic mass is 10.1. The molecule has 2 fully saturated rings. The van der Waals surface area contributed by atoms with Crippen LogP contribution in [0.25, 0.3) is 0 Å². The molecule has 2 saturated heterocycles. The lowest BCUT2D eigenvalue weighted by molar-refractivity contribution is -0.134. The predicted octanol–water partition coefficient (Wildman–Crippen LogP) is 1.65. The molecule has 0 spiro atoms. The van der Waals surface area contributed by atoms with Crippen molar-refractivity contribution in [1.29, 1.82) is 5.26 Å². The topological polar surface area (TPSA) is 64.4 Å². The van der Waals surface area contributed by atoms with E-state index < -0.39 is 0 Å². The van der Waals surface area contributed by atoms with Crippen molar-refractivity contribution in [3.05, 3.63) is 35.4 Å². The molecule has 3 rings (SSSR count). The summed E-state index contributed by atoms with van der Waals surface area (Å²) >= 11 is 3.47. The third kappa shape index (κ3) is 3.48. The highest BCUT2D eigenvalue weighted by atomic mass is 32.2. The molecule has 0 aliphatic carbocycles. The molecule has 0 aromatic heterocycles. The first-order valence-corrected chi connectivity index (χ1v) is 9.77. The van der Waals surface area contributed by atoms with E-state index in [0.29, 0.717) is 22.8 Å². The summed E-state index contributed by atoms with van der Waals surface area (Å²) in [6.07, 6.45) is 0. The van der Waals surface area contributed by atoms with Crippen molar-refractivity contribution in [2.24, 2.45) is 0 Å². The van der Waals surface area contributed by atoms with Gasteiger partial charge in [0.15, 0.2) is 0 Å². The number of carbonyl (C=O) groups is 2. The smallest absolute Gasteiger partial charge is 0.255 e. The van der Waals surface area contributed by atoms with Crippen LogP contribution in [0, 0.1) is 11.3 Å². The zero-order valence-corrected chi connectivity index (χ0v) is 14.2. The van der Waals surface area contributed by atoms with Crippen LogP contribution < -0.4 is 0 Å². The van der Waals surface area contributed by atoms with E-state index in [2.05, 4.69) is 0 Å². The Kier molecular flexibility index (Phi) is 5.13. The minimum absolute atomic E-state index is 0.0669. The molecule has 2 aliphatic heterocycles. The Morgan fingerprint density at radius 2 is 1.83 bits per heavy atom. The van der Waals surface area contributed by atoms with Gasteiger partial charge in [0.25, 0.3) is 5.91 Å². The summed E-state index contributed by atoms with van der Waals surface area (Å²) in [5.41, 5.74) is 1.05. The number of hydrogen-bond acceptors (Lipinski definition) is 5. The number of hydrogen-bond donors (Lipinski definition) is 0. The van der Waals surface area contributed by atoms with Crippen LogP contribution >= 0.6 is 23.5 Å². The summed E-state index contributed by atoms with van der Waals surface area (Å²) in [6.45, 7) is 1.53. The van der Waals surface area contributed by atoms with Crippen molar-refractivity contribution in [3.8, 4) is 6.07 Å². The monoisotopic (exact) mass is 347 g/mol. The van der Waals surface area contributed by atoms with Crippen molar-refractivity contribution in [2.45, 2.75) is 6.04 Å². The lowest BCUT2D eigenvalue weighted by Gasteiger charge is -2.32. The van der Waals surface area contributed by atoms with Gasteiger partial charge in [-0.3, -0.25) is 9.59 Å². The van der Waals surface area contributed by atoms with Crippen LogP contribution in [0.3, 0.4) is 0 Å². The van der Waals surface area contributed by atoms with Gasteiger partial charge in [-0.2, -0.15) is 17.0 Å². The summed E-state index contributed by atoms with van der Waals surface area (Å²) < 4.78 is 0. The number of carbonyl (C=O) groups excluding carboxylic acids is 2. The number of thioether (sulfide) groups is 2. The fourth-order valence-electron chi connectivity index (χ4n) is 2.70. The van der Waals surface area contributed by atoms with Crippen LogP contribution in [0.1, 0.15) is 15.9 Å². The standard InChI is InChI=1S/C16H17N3O2S2/c17-9-12-1-3-13(4-2-12)15(20)19-11-23-10-14(19)16(21)18-5-7-22-8-6-18/h1-4,14H,5-8,10-11H2. The molecule has 2 heterocycles.